The molecular formula is C22H18BrF2N3O. The maximum Gasteiger partial charge on any atom is 0.167 e. The first kappa shape index (κ1) is 18.4. The van der Waals surface area contributed by atoms with E-state index < -0.39 is 0 Å². The molecule has 0 atom stereocenters. The van der Waals surface area contributed by atoms with Crippen LogP contribution in [-0.2, 0) is 0 Å². The zero-order valence-electron chi connectivity index (χ0n) is 15.9. The Kier molecular flexibility index (Phi) is 4.26. The van der Waals surface area contributed by atoms with E-state index in [4.69, 9.17) is 4.74 Å². The Morgan fingerprint density at radius 3 is 1.90 bits per heavy atom. The van der Waals surface area contributed by atoms with Gasteiger partial charge in [0.05, 0.1) is 11.0 Å². The van der Waals surface area contributed by atoms with Crippen molar-refractivity contribution < 1.29 is 13.5 Å². The molecule has 0 unspecified atom stereocenters. The molecule has 0 saturated carbocycles. The number of halogens is 3. The van der Waals surface area contributed by atoms with Crippen LogP contribution < -0.4 is 4.74 Å². The van der Waals surface area contributed by atoms with Crippen LogP contribution in [0, 0.1) is 11.6 Å². The summed E-state index contributed by atoms with van der Waals surface area (Å²) in [6.07, 6.45) is 0. The van der Waals surface area contributed by atoms with Crippen LogP contribution in [0.1, 0.15) is 0 Å². The predicted molar refractivity (Wildman–Crippen MR) is 117 cm³/mol. The third-order valence-corrected chi connectivity index (χ3v) is 5.99. The molecule has 0 fully saturated rings. The Labute approximate surface area is 173 Å². The van der Waals surface area contributed by atoms with Crippen LogP contribution in [0.25, 0.3) is 43.6 Å². The number of hydrogen-bond donors (Lipinski definition) is 2. The highest BCUT2D eigenvalue weighted by molar-refractivity contribution is 9.10. The molecule has 0 bridgehead atoms. The second-order valence-corrected chi connectivity index (χ2v) is 8.22. The standard InChI is InChI=1S/C22H18BrF2N3O/c1-28(2)7-8-29-22-20-17(13-9-11(24)3-5-15(13)26-20)19(23)18-14-10-12(25)4-6-16(14)27-21(18)22/h3-6,9-10,26-27H,7-8H2,1-2H3. The number of nitrogens with zero attached hydrogens (tertiary/aromatic N) is 1. The van der Waals surface area contributed by atoms with Gasteiger partial charge in [0.15, 0.2) is 5.75 Å². The summed E-state index contributed by atoms with van der Waals surface area (Å²) in [4.78, 5) is 8.78. The summed E-state index contributed by atoms with van der Waals surface area (Å²) in [5.41, 5.74) is 3.16. The first-order valence-electron chi connectivity index (χ1n) is 9.25. The summed E-state index contributed by atoms with van der Waals surface area (Å²) in [5.74, 6) is 0.0177. The molecule has 0 aliphatic rings. The number of benzene rings is 3. The van der Waals surface area contributed by atoms with Gasteiger partial charge in [-0.3, -0.25) is 0 Å². The van der Waals surface area contributed by atoms with Crippen LogP contribution in [0.4, 0.5) is 8.78 Å². The third kappa shape index (κ3) is 2.88. The summed E-state index contributed by atoms with van der Waals surface area (Å²) in [6, 6.07) is 9.29. The minimum Gasteiger partial charge on any atom is -0.488 e. The van der Waals surface area contributed by atoms with E-state index in [2.05, 4.69) is 25.9 Å². The first-order chi connectivity index (χ1) is 13.9. The van der Waals surface area contributed by atoms with E-state index in [9.17, 15) is 8.78 Å². The third-order valence-electron chi connectivity index (χ3n) is 5.20. The zero-order chi connectivity index (χ0) is 20.3. The number of nitrogens with one attached hydrogen (secondary N) is 2. The number of rotatable bonds is 4. The largest absolute Gasteiger partial charge is 0.488 e. The van der Waals surface area contributed by atoms with Crippen molar-refractivity contribution in [1.82, 2.24) is 14.9 Å². The summed E-state index contributed by atoms with van der Waals surface area (Å²) in [7, 11) is 3.96. The average molecular weight is 458 g/mol. The molecule has 148 valence electrons. The number of aromatic amines is 2. The molecule has 3 aromatic carbocycles. The Morgan fingerprint density at radius 1 is 0.897 bits per heavy atom. The molecule has 4 nitrogen and oxygen atoms in total. The molecule has 5 rings (SSSR count). The van der Waals surface area contributed by atoms with Gasteiger partial charge in [0, 0.05) is 43.6 Å². The molecule has 29 heavy (non-hydrogen) atoms. The van der Waals surface area contributed by atoms with Gasteiger partial charge in [-0.15, -0.1) is 0 Å². The van der Waals surface area contributed by atoms with Crippen LogP contribution in [0.5, 0.6) is 5.75 Å². The van der Waals surface area contributed by atoms with Crippen molar-refractivity contribution in [1.29, 1.82) is 0 Å². The highest BCUT2D eigenvalue weighted by Crippen LogP contribution is 2.46. The van der Waals surface area contributed by atoms with E-state index in [1.165, 1.54) is 24.3 Å². The van der Waals surface area contributed by atoms with E-state index in [-0.39, 0.29) is 11.6 Å². The van der Waals surface area contributed by atoms with Gasteiger partial charge in [-0.2, -0.15) is 0 Å². The molecule has 5 aromatic rings. The molecule has 2 aromatic heterocycles. The lowest BCUT2D eigenvalue weighted by molar-refractivity contribution is 0.265. The lowest BCUT2D eigenvalue weighted by Gasteiger charge is -2.13. The molecule has 0 aliphatic heterocycles. The second kappa shape index (κ2) is 6.71. The Morgan fingerprint density at radius 2 is 1.41 bits per heavy atom. The van der Waals surface area contributed by atoms with E-state index in [1.807, 2.05) is 19.0 Å². The Hall–Kier alpha value is -2.64. The molecule has 0 aliphatic carbocycles. The van der Waals surface area contributed by atoms with Gasteiger partial charge in [-0.1, -0.05) is 0 Å². The molecule has 0 amide bonds. The summed E-state index contributed by atoms with van der Waals surface area (Å²) in [6.45, 7) is 1.22. The van der Waals surface area contributed by atoms with Gasteiger partial charge in [0.1, 0.15) is 18.2 Å². The normalized spacial score (nSPS) is 12.2. The van der Waals surface area contributed by atoms with Crippen molar-refractivity contribution >= 4 is 59.5 Å². The SMILES string of the molecule is CN(C)CCOc1c2[nH]c3ccc(F)cc3c2c(Br)c2c1[nH]c1ccc(F)cc12. The molecule has 7 heteroatoms. The van der Waals surface area contributed by atoms with Gasteiger partial charge in [0.25, 0.3) is 0 Å². The quantitative estimate of drug-likeness (QED) is 0.350. The van der Waals surface area contributed by atoms with Gasteiger partial charge < -0.3 is 19.6 Å². The number of H-pyrrole nitrogens is 2. The number of fused-ring (bicyclic) bond motifs is 6. The van der Waals surface area contributed by atoms with E-state index in [1.54, 1.807) is 12.1 Å². The highest BCUT2D eigenvalue weighted by Gasteiger charge is 2.22. The topological polar surface area (TPSA) is 44.0 Å². The fraction of sp³-hybridized carbons (Fsp3) is 0.182. The van der Waals surface area contributed by atoms with Gasteiger partial charge in [0.2, 0.25) is 0 Å². The maximum atomic E-state index is 14.0. The Bertz CT molecular complexity index is 1310. The van der Waals surface area contributed by atoms with E-state index in [0.29, 0.717) is 12.4 Å². The molecule has 2 N–H and O–H groups in total. The molecular weight excluding hydrogens is 440 g/mol. The molecule has 0 saturated heterocycles. The van der Waals surface area contributed by atoms with Gasteiger partial charge >= 0.3 is 0 Å². The second-order valence-electron chi connectivity index (χ2n) is 7.42. The molecule has 0 spiro atoms. The van der Waals surface area contributed by atoms with Crippen LogP contribution in [-0.4, -0.2) is 42.1 Å². The maximum absolute atomic E-state index is 14.0. The fourth-order valence-corrected chi connectivity index (χ4v) is 4.67. The minimum absolute atomic E-state index is 0.314. The number of aromatic nitrogens is 2. The number of ether oxygens (including phenoxy) is 1. The van der Waals surface area contributed by atoms with Crippen molar-refractivity contribution in [2.75, 3.05) is 27.2 Å². The lowest BCUT2D eigenvalue weighted by atomic mass is 10.1. The zero-order valence-corrected chi connectivity index (χ0v) is 17.5. The van der Waals surface area contributed by atoms with Crippen LogP contribution in [0.3, 0.4) is 0 Å². The summed E-state index contributed by atoms with van der Waals surface area (Å²) in [5, 5.41) is 3.13. The van der Waals surface area contributed by atoms with Crippen LogP contribution >= 0.6 is 15.9 Å². The average Bonchev–Trinajstić information content (AvgIpc) is 3.22. The van der Waals surface area contributed by atoms with E-state index in [0.717, 1.165) is 54.6 Å². The number of likely N-dealkylation sites (N-methyl/N-ethyl adjacent to an activating group) is 1. The van der Waals surface area contributed by atoms with Crippen molar-refractivity contribution in [3.05, 3.63) is 52.5 Å². The van der Waals surface area contributed by atoms with Crippen molar-refractivity contribution in [3.8, 4) is 5.75 Å². The Balaban J connectivity index is 1.92. The first-order valence-corrected chi connectivity index (χ1v) is 10.0. The van der Waals surface area contributed by atoms with Gasteiger partial charge in [-0.05, 0) is 66.4 Å². The highest BCUT2D eigenvalue weighted by atomic mass is 79.9. The fourth-order valence-electron chi connectivity index (χ4n) is 3.85. The van der Waals surface area contributed by atoms with Gasteiger partial charge in [-0.25, -0.2) is 8.78 Å². The molecule has 2 heterocycles. The predicted octanol–water partition coefficient (Wildman–Crippen LogP) is 5.94. The summed E-state index contributed by atoms with van der Waals surface area (Å²) >= 11 is 3.71. The van der Waals surface area contributed by atoms with Crippen LogP contribution in [0.15, 0.2) is 40.9 Å². The molecule has 0 radical (unpaired) electrons. The van der Waals surface area contributed by atoms with Crippen molar-refractivity contribution in [2.45, 2.75) is 0 Å². The van der Waals surface area contributed by atoms with E-state index >= 15 is 0 Å². The lowest BCUT2D eigenvalue weighted by Crippen LogP contribution is -2.19. The number of hydrogen-bond acceptors (Lipinski definition) is 2. The van der Waals surface area contributed by atoms with Crippen molar-refractivity contribution in [2.24, 2.45) is 0 Å². The van der Waals surface area contributed by atoms with Crippen LogP contribution in [0.2, 0.25) is 0 Å². The van der Waals surface area contributed by atoms with Crippen molar-refractivity contribution in [3.63, 3.8) is 0 Å². The summed E-state index contributed by atoms with van der Waals surface area (Å²) < 4.78 is 35.0. The minimum atomic E-state index is -0.314. The monoisotopic (exact) mass is 457 g/mol. The smallest absolute Gasteiger partial charge is 0.167 e.